The minimum Gasteiger partial charge on any atom is -0.350 e. The lowest BCUT2D eigenvalue weighted by atomic mass is 9.71. The number of nitrogens with zero attached hydrogens (tertiary/aromatic N) is 8. The van der Waals surface area contributed by atoms with Crippen LogP contribution in [-0.4, -0.2) is 49.8 Å². The van der Waals surface area contributed by atoms with Crippen molar-refractivity contribution >= 4 is 11.8 Å². The largest absolute Gasteiger partial charge is 0.350 e. The molecule has 2 aliphatic rings. The SMILES string of the molecule is Cc1ccc(N2Cc3cnc(C)nc3C3(CCN(c4ncccn4)CC3)C2)nn1. The zero-order valence-electron chi connectivity index (χ0n) is 16.8. The van der Waals surface area contributed by atoms with E-state index in [1.54, 1.807) is 12.4 Å². The van der Waals surface area contributed by atoms with Crippen LogP contribution in [0.25, 0.3) is 0 Å². The van der Waals surface area contributed by atoms with E-state index in [9.17, 15) is 0 Å². The summed E-state index contributed by atoms with van der Waals surface area (Å²) in [4.78, 5) is 22.8. The average Bonchev–Trinajstić information content (AvgIpc) is 2.76. The minimum atomic E-state index is -0.0286. The molecule has 3 aromatic rings. The van der Waals surface area contributed by atoms with E-state index >= 15 is 0 Å². The van der Waals surface area contributed by atoms with Crippen LogP contribution in [0, 0.1) is 13.8 Å². The molecule has 0 aliphatic carbocycles. The van der Waals surface area contributed by atoms with Crippen LogP contribution in [0.4, 0.5) is 11.8 Å². The maximum absolute atomic E-state index is 4.91. The van der Waals surface area contributed by atoms with E-state index in [1.165, 1.54) is 11.3 Å². The van der Waals surface area contributed by atoms with Crippen LogP contribution in [0.3, 0.4) is 0 Å². The molecule has 0 atom stereocenters. The van der Waals surface area contributed by atoms with Gasteiger partial charge in [0.15, 0.2) is 5.82 Å². The number of anilines is 2. The topological polar surface area (TPSA) is 83.8 Å². The molecule has 0 radical (unpaired) electrons. The van der Waals surface area contributed by atoms with E-state index in [2.05, 4.69) is 41.0 Å². The van der Waals surface area contributed by atoms with Gasteiger partial charge >= 0.3 is 0 Å². The van der Waals surface area contributed by atoms with Crippen molar-refractivity contribution in [2.75, 3.05) is 29.4 Å². The Labute approximate surface area is 170 Å². The molecule has 1 spiro atoms. The second kappa shape index (κ2) is 7.02. The summed E-state index contributed by atoms with van der Waals surface area (Å²) >= 11 is 0. The molecule has 0 unspecified atom stereocenters. The summed E-state index contributed by atoms with van der Waals surface area (Å²) in [5, 5.41) is 8.70. The van der Waals surface area contributed by atoms with Crippen LogP contribution in [-0.2, 0) is 12.0 Å². The first-order valence-electron chi connectivity index (χ1n) is 10.0. The Morgan fingerprint density at radius 2 is 1.72 bits per heavy atom. The summed E-state index contributed by atoms with van der Waals surface area (Å²) in [5.41, 5.74) is 3.29. The second-order valence-corrected chi connectivity index (χ2v) is 8.00. The first kappa shape index (κ1) is 17.9. The summed E-state index contributed by atoms with van der Waals surface area (Å²) in [5.74, 6) is 2.55. The van der Waals surface area contributed by atoms with Crippen LogP contribution in [0.5, 0.6) is 0 Å². The molecule has 0 N–H and O–H groups in total. The molecule has 3 aromatic heterocycles. The van der Waals surface area contributed by atoms with Gasteiger partial charge in [0.1, 0.15) is 5.82 Å². The molecule has 0 aromatic carbocycles. The van der Waals surface area contributed by atoms with Gasteiger partial charge in [-0.1, -0.05) is 0 Å². The van der Waals surface area contributed by atoms with Crippen molar-refractivity contribution < 1.29 is 0 Å². The molecule has 1 fully saturated rings. The van der Waals surface area contributed by atoms with Crippen LogP contribution >= 0.6 is 0 Å². The predicted octanol–water partition coefficient (Wildman–Crippen LogP) is 2.23. The smallest absolute Gasteiger partial charge is 0.225 e. The Hall–Kier alpha value is -3.16. The van der Waals surface area contributed by atoms with E-state index in [4.69, 9.17) is 4.98 Å². The van der Waals surface area contributed by atoms with Gasteiger partial charge < -0.3 is 9.80 Å². The van der Waals surface area contributed by atoms with Gasteiger partial charge in [-0.2, -0.15) is 5.10 Å². The first-order chi connectivity index (χ1) is 14.1. The van der Waals surface area contributed by atoms with Crippen LogP contribution < -0.4 is 9.80 Å². The Balaban J connectivity index is 1.47. The number of aryl methyl sites for hydroxylation is 2. The molecule has 148 valence electrons. The van der Waals surface area contributed by atoms with Gasteiger partial charge in [0.25, 0.3) is 0 Å². The molecule has 29 heavy (non-hydrogen) atoms. The van der Waals surface area contributed by atoms with Crippen molar-refractivity contribution in [3.63, 3.8) is 0 Å². The average molecular weight is 388 g/mol. The highest BCUT2D eigenvalue weighted by molar-refractivity contribution is 5.46. The highest BCUT2D eigenvalue weighted by Crippen LogP contribution is 2.42. The molecule has 0 amide bonds. The Kier molecular flexibility index (Phi) is 4.34. The van der Waals surface area contributed by atoms with Gasteiger partial charge in [-0.3, -0.25) is 0 Å². The van der Waals surface area contributed by atoms with Crippen molar-refractivity contribution in [2.45, 2.75) is 38.6 Å². The van der Waals surface area contributed by atoms with Crippen LogP contribution in [0.15, 0.2) is 36.8 Å². The molecule has 8 heteroatoms. The lowest BCUT2D eigenvalue weighted by Gasteiger charge is -2.47. The molecule has 0 saturated carbocycles. The monoisotopic (exact) mass is 388 g/mol. The van der Waals surface area contributed by atoms with Gasteiger partial charge in [-0.15, -0.1) is 5.10 Å². The normalized spacial score (nSPS) is 18.0. The third kappa shape index (κ3) is 3.28. The third-order valence-corrected chi connectivity index (χ3v) is 6.01. The van der Waals surface area contributed by atoms with E-state index in [-0.39, 0.29) is 5.41 Å². The number of piperidine rings is 1. The van der Waals surface area contributed by atoms with Crippen molar-refractivity contribution in [2.24, 2.45) is 0 Å². The highest BCUT2D eigenvalue weighted by atomic mass is 15.3. The summed E-state index contributed by atoms with van der Waals surface area (Å²) in [6.07, 6.45) is 7.57. The van der Waals surface area contributed by atoms with Crippen LogP contribution in [0.2, 0.25) is 0 Å². The Bertz CT molecular complexity index is 997. The number of hydrogen-bond acceptors (Lipinski definition) is 8. The summed E-state index contributed by atoms with van der Waals surface area (Å²) in [7, 11) is 0. The molecule has 8 nitrogen and oxygen atoms in total. The molecular weight excluding hydrogens is 364 g/mol. The van der Waals surface area contributed by atoms with E-state index in [1.807, 2.05) is 32.2 Å². The molecule has 2 aliphatic heterocycles. The zero-order valence-corrected chi connectivity index (χ0v) is 16.8. The van der Waals surface area contributed by atoms with Gasteiger partial charge in [-0.25, -0.2) is 19.9 Å². The molecular formula is C21H24N8. The van der Waals surface area contributed by atoms with Crippen molar-refractivity contribution in [3.05, 3.63) is 59.6 Å². The summed E-state index contributed by atoms with van der Waals surface area (Å²) in [6, 6.07) is 5.93. The molecule has 5 rings (SSSR count). The number of aromatic nitrogens is 6. The second-order valence-electron chi connectivity index (χ2n) is 8.00. The van der Waals surface area contributed by atoms with Gasteiger partial charge in [0.05, 0.1) is 11.4 Å². The summed E-state index contributed by atoms with van der Waals surface area (Å²) < 4.78 is 0. The Morgan fingerprint density at radius 1 is 0.931 bits per heavy atom. The quantitative estimate of drug-likeness (QED) is 0.661. The predicted molar refractivity (Wildman–Crippen MR) is 110 cm³/mol. The fraction of sp³-hybridized carbons (Fsp3) is 0.429. The summed E-state index contributed by atoms with van der Waals surface area (Å²) in [6.45, 7) is 7.39. The molecule has 1 saturated heterocycles. The minimum absolute atomic E-state index is 0.0286. The first-order valence-corrected chi connectivity index (χ1v) is 10.0. The van der Waals surface area contributed by atoms with E-state index in [0.29, 0.717) is 0 Å². The fourth-order valence-corrected chi connectivity index (χ4v) is 4.48. The number of rotatable bonds is 2. The number of hydrogen-bond donors (Lipinski definition) is 0. The van der Waals surface area contributed by atoms with Crippen molar-refractivity contribution in [1.29, 1.82) is 0 Å². The molecule has 0 bridgehead atoms. The van der Waals surface area contributed by atoms with Crippen LogP contribution in [0.1, 0.15) is 35.6 Å². The van der Waals surface area contributed by atoms with E-state index < -0.39 is 0 Å². The maximum atomic E-state index is 4.91. The van der Waals surface area contributed by atoms with Gasteiger partial charge in [0.2, 0.25) is 5.95 Å². The van der Waals surface area contributed by atoms with Gasteiger partial charge in [0, 0.05) is 55.7 Å². The molecule has 5 heterocycles. The van der Waals surface area contributed by atoms with Crippen molar-refractivity contribution in [3.8, 4) is 0 Å². The lowest BCUT2D eigenvalue weighted by Crippen LogP contribution is -2.53. The van der Waals surface area contributed by atoms with Gasteiger partial charge in [-0.05, 0) is 44.9 Å². The standard InChI is InChI=1S/C21H24N8/c1-15-4-5-18(27-26-15)29-13-17-12-24-16(2)25-19(17)21(14-29)6-10-28(11-7-21)20-22-8-3-9-23-20/h3-5,8-9,12H,6-7,10-11,13-14H2,1-2H3. The Morgan fingerprint density at radius 3 is 2.45 bits per heavy atom. The maximum Gasteiger partial charge on any atom is 0.225 e. The van der Waals surface area contributed by atoms with Crippen molar-refractivity contribution in [1.82, 2.24) is 30.1 Å². The zero-order chi connectivity index (χ0) is 19.8. The highest BCUT2D eigenvalue weighted by Gasteiger charge is 2.44. The lowest BCUT2D eigenvalue weighted by molar-refractivity contribution is 0.303. The fourth-order valence-electron chi connectivity index (χ4n) is 4.48. The van der Waals surface area contributed by atoms with E-state index in [0.717, 1.165) is 62.3 Å². The third-order valence-electron chi connectivity index (χ3n) is 6.01. The number of fused-ring (bicyclic) bond motifs is 2.